The van der Waals surface area contributed by atoms with Crippen LogP contribution in [0.2, 0.25) is 0 Å². The van der Waals surface area contributed by atoms with Crippen molar-refractivity contribution >= 4 is 11.7 Å². The maximum Gasteiger partial charge on any atom is 0.248 e. The molecule has 2 fully saturated rings. The monoisotopic (exact) mass is 282 g/mol. The lowest BCUT2D eigenvalue weighted by Gasteiger charge is -2.40. The summed E-state index contributed by atoms with van der Waals surface area (Å²) in [6.07, 6.45) is 6.56. The van der Waals surface area contributed by atoms with Gasteiger partial charge in [0.2, 0.25) is 5.91 Å². The van der Waals surface area contributed by atoms with Crippen LogP contribution in [0.4, 0.5) is 0 Å². The first-order valence-corrected chi connectivity index (χ1v) is 7.58. The zero-order valence-electron chi connectivity index (χ0n) is 12.4. The second-order valence-corrected chi connectivity index (χ2v) is 6.25. The largest absolute Gasteiger partial charge is 0.409 e. The summed E-state index contributed by atoms with van der Waals surface area (Å²) in [5.74, 6) is -0.0734. The van der Waals surface area contributed by atoms with Gasteiger partial charge >= 0.3 is 0 Å². The van der Waals surface area contributed by atoms with Crippen LogP contribution in [0.3, 0.4) is 0 Å². The molecule has 2 aliphatic rings. The summed E-state index contributed by atoms with van der Waals surface area (Å²) >= 11 is 0. The Kier molecular flexibility index (Phi) is 4.52. The Hall–Kier alpha value is -1.30. The molecule has 0 radical (unpaired) electrons. The molecule has 2 rings (SSSR count). The number of hydrazine groups is 1. The molecule has 1 amide bonds. The van der Waals surface area contributed by atoms with Crippen LogP contribution in [0, 0.1) is 5.41 Å². The Balaban J connectivity index is 2.13. The molecule has 1 saturated carbocycles. The molecule has 2 atom stereocenters. The highest BCUT2D eigenvalue weighted by Gasteiger charge is 2.46. The molecular formula is C14H26N4O2. The minimum atomic E-state index is -0.828. The van der Waals surface area contributed by atoms with Gasteiger partial charge in [-0.2, -0.15) is 0 Å². The highest BCUT2D eigenvalue weighted by Crippen LogP contribution is 2.39. The first-order valence-electron chi connectivity index (χ1n) is 7.58. The van der Waals surface area contributed by atoms with Crippen molar-refractivity contribution in [2.75, 3.05) is 0 Å². The summed E-state index contributed by atoms with van der Waals surface area (Å²) in [5, 5.41) is 14.1. The number of piperidine rings is 1. The molecule has 6 nitrogen and oxygen atoms in total. The lowest BCUT2D eigenvalue weighted by atomic mass is 9.84. The van der Waals surface area contributed by atoms with Crippen molar-refractivity contribution < 1.29 is 10.0 Å². The lowest BCUT2D eigenvalue weighted by molar-refractivity contribution is -0.136. The van der Waals surface area contributed by atoms with Gasteiger partial charge in [0.05, 0.1) is 0 Å². The van der Waals surface area contributed by atoms with Crippen molar-refractivity contribution in [1.82, 2.24) is 10.4 Å². The van der Waals surface area contributed by atoms with Gasteiger partial charge in [-0.15, -0.1) is 0 Å². The van der Waals surface area contributed by atoms with Gasteiger partial charge < -0.3 is 10.9 Å². The van der Waals surface area contributed by atoms with Crippen LogP contribution in [0.25, 0.3) is 0 Å². The minimum absolute atomic E-state index is 0.0461. The Morgan fingerprint density at radius 3 is 2.30 bits per heavy atom. The maximum atomic E-state index is 12.7. The summed E-state index contributed by atoms with van der Waals surface area (Å²) < 4.78 is 0. The predicted molar refractivity (Wildman–Crippen MR) is 77.1 cm³/mol. The van der Waals surface area contributed by atoms with E-state index in [9.17, 15) is 4.79 Å². The van der Waals surface area contributed by atoms with E-state index in [0.29, 0.717) is 24.9 Å². The number of nitrogens with one attached hydrogen (secondary N) is 1. The fourth-order valence-electron chi connectivity index (χ4n) is 3.54. The van der Waals surface area contributed by atoms with Crippen molar-refractivity contribution in [3.8, 4) is 0 Å². The van der Waals surface area contributed by atoms with Gasteiger partial charge in [0.15, 0.2) is 5.84 Å². The number of hydrogen-bond donors (Lipinski definition) is 3. The fourth-order valence-corrected chi connectivity index (χ4v) is 3.54. The first-order chi connectivity index (χ1) is 9.51. The number of nitrogens with zero attached hydrogens (tertiary/aromatic N) is 2. The number of rotatable bonds is 3. The third-order valence-corrected chi connectivity index (χ3v) is 4.91. The summed E-state index contributed by atoms with van der Waals surface area (Å²) in [6, 6.07) is 0.655. The van der Waals surface area contributed by atoms with E-state index < -0.39 is 5.41 Å². The highest BCUT2D eigenvalue weighted by molar-refractivity contribution is 6.06. The average Bonchev–Trinajstić information content (AvgIpc) is 2.92. The molecule has 1 aliphatic heterocycles. The van der Waals surface area contributed by atoms with Crippen LogP contribution < -0.4 is 11.2 Å². The fraction of sp³-hybridized carbons (Fsp3) is 0.857. The van der Waals surface area contributed by atoms with E-state index in [1.807, 2.05) is 5.01 Å². The number of oxime groups is 1. The molecular weight excluding hydrogens is 256 g/mol. The maximum absolute atomic E-state index is 12.7. The molecule has 114 valence electrons. The van der Waals surface area contributed by atoms with E-state index >= 15 is 0 Å². The average molecular weight is 282 g/mol. The third kappa shape index (κ3) is 2.61. The van der Waals surface area contributed by atoms with Crippen LogP contribution in [-0.2, 0) is 4.79 Å². The number of carbonyl (C=O) groups excluding carboxylic acids is 1. The molecule has 0 aromatic carbocycles. The molecule has 1 saturated heterocycles. The highest BCUT2D eigenvalue weighted by atomic mass is 16.4. The van der Waals surface area contributed by atoms with Crippen molar-refractivity contribution in [2.45, 2.75) is 70.9 Å². The second kappa shape index (κ2) is 5.99. The standard InChI is InChI=1S/C14H26N4O2/c1-10-6-5-7-11(2)18(10)16-13(19)14(12(15)17-20)8-3-4-9-14/h10-11,20H,3-9H2,1-2H3,(H2,15,17)(H,16,19). The van der Waals surface area contributed by atoms with E-state index in [0.717, 1.165) is 25.7 Å². The third-order valence-electron chi connectivity index (χ3n) is 4.91. The molecule has 1 heterocycles. The van der Waals surface area contributed by atoms with E-state index in [1.54, 1.807) is 0 Å². The summed E-state index contributed by atoms with van der Waals surface area (Å²) in [6.45, 7) is 4.25. The van der Waals surface area contributed by atoms with E-state index in [4.69, 9.17) is 10.9 Å². The van der Waals surface area contributed by atoms with Crippen LogP contribution in [0.15, 0.2) is 5.16 Å². The van der Waals surface area contributed by atoms with Crippen molar-refractivity contribution in [3.05, 3.63) is 0 Å². The smallest absolute Gasteiger partial charge is 0.248 e. The number of nitrogens with two attached hydrogens (primary N) is 1. The molecule has 0 bridgehead atoms. The van der Waals surface area contributed by atoms with Gasteiger partial charge in [0.1, 0.15) is 5.41 Å². The molecule has 0 aromatic heterocycles. The van der Waals surface area contributed by atoms with Crippen LogP contribution in [0.1, 0.15) is 58.8 Å². The summed E-state index contributed by atoms with van der Waals surface area (Å²) in [7, 11) is 0. The molecule has 0 spiro atoms. The van der Waals surface area contributed by atoms with Crippen molar-refractivity contribution in [2.24, 2.45) is 16.3 Å². The summed E-state index contributed by atoms with van der Waals surface area (Å²) in [4.78, 5) is 12.7. The van der Waals surface area contributed by atoms with Gasteiger partial charge in [-0.3, -0.25) is 10.2 Å². The zero-order chi connectivity index (χ0) is 14.8. The SMILES string of the molecule is CC1CCCC(C)N1NC(=O)C1(C(N)=NO)CCCC1. The van der Waals surface area contributed by atoms with Gasteiger partial charge in [-0.05, 0) is 39.5 Å². The predicted octanol–water partition coefficient (Wildman–Crippen LogP) is 1.59. The van der Waals surface area contributed by atoms with E-state index in [-0.39, 0.29) is 11.7 Å². The molecule has 2 unspecified atom stereocenters. The molecule has 20 heavy (non-hydrogen) atoms. The number of carbonyl (C=O) groups is 1. The Labute approximate surface area is 120 Å². The van der Waals surface area contributed by atoms with E-state index in [1.165, 1.54) is 6.42 Å². The first kappa shape index (κ1) is 15.1. The normalized spacial score (nSPS) is 31.2. The van der Waals surface area contributed by atoms with Crippen molar-refractivity contribution in [3.63, 3.8) is 0 Å². The molecule has 4 N–H and O–H groups in total. The Morgan fingerprint density at radius 1 is 1.25 bits per heavy atom. The van der Waals surface area contributed by atoms with Crippen LogP contribution in [0.5, 0.6) is 0 Å². The number of amides is 1. The van der Waals surface area contributed by atoms with Crippen LogP contribution in [-0.4, -0.2) is 34.0 Å². The Bertz CT molecular complexity index is 381. The number of hydrogen-bond acceptors (Lipinski definition) is 4. The second-order valence-electron chi connectivity index (χ2n) is 6.25. The molecule has 1 aliphatic carbocycles. The molecule has 6 heteroatoms. The van der Waals surface area contributed by atoms with Gasteiger partial charge in [0.25, 0.3) is 0 Å². The van der Waals surface area contributed by atoms with Crippen LogP contribution >= 0.6 is 0 Å². The van der Waals surface area contributed by atoms with Gasteiger partial charge in [-0.25, -0.2) is 5.01 Å². The minimum Gasteiger partial charge on any atom is -0.409 e. The van der Waals surface area contributed by atoms with Gasteiger partial charge in [0, 0.05) is 12.1 Å². The quantitative estimate of drug-likeness (QED) is 0.317. The number of amidine groups is 1. The topological polar surface area (TPSA) is 91.0 Å². The molecule has 0 aromatic rings. The Morgan fingerprint density at radius 2 is 1.80 bits per heavy atom. The van der Waals surface area contributed by atoms with Gasteiger partial charge in [-0.1, -0.05) is 24.4 Å². The summed E-state index contributed by atoms with van der Waals surface area (Å²) in [5.41, 5.74) is 8.02. The van der Waals surface area contributed by atoms with Crippen molar-refractivity contribution in [1.29, 1.82) is 0 Å². The zero-order valence-corrected chi connectivity index (χ0v) is 12.4. The van der Waals surface area contributed by atoms with E-state index in [2.05, 4.69) is 24.4 Å². The lowest BCUT2D eigenvalue weighted by Crippen LogP contribution is -2.59.